The number of fused-ring (bicyclic) bond motifs is 2. The van der Waals surface area contributed by atoms with E-state index in [9.17, 15) is 0 Å². The number of hydrogen-bond acceptors (Lipinski definition) is 6. The number of nitrogens with one attached hydrogen (secondary N) is 1. The number of pyridine rings is 1. The van der Waals surface area contributed by atoms with Gasteiger partial charge in [-0.05, 0) is 37.1 Å². The van der Waals surface area contributed by atoms with Crippen molar-refractivity contribution < 1.29 is 4.74 Å². The Hall–Kier alpha value is -3.22. The summed E-state index contributed by atoms with van der Waals surface area (Å²) in [6.45, 7) is 2.18. The zero-order valence-corrected chi connectivity index (χ0v) is 14.6. The predicted molar refractivity (Wildman–Crippen MR) is 101 cm³/mol. The molecule has 0 bridgehead atoms. The quantitative estimate of drug-likeness (QED) is 0.599. The second kappa shape index (κ2) is 7.35. The van der Waals surface area contributed by atoms with Gasteiger partial charge in [0, 0.05) is 24.7 Å². The first-order valence-electron chi connectivity index (χ1n) is 8.63. The van der Waals surface area contributed by atoms with Gasteiger partial charge in [-0.2, -0.15) is 0 Å². The predicted octanol–water partition coefficient (Wildman–Crippen LogP) is 3.20. The van der Waals surface area contributed by atoms with Gasteiger partial charge in [-0.1, -0.05) is 6.07 Å². The third-order valence-corrected chi connectivity index (χ3v) is 4.43. The Kier molecular flexibility index (Phi) is 4.59. The fourth-order valence-corrected chi connectivity index (χ4v) is 3.17. The monoisotopic (exact) mass is 348 g/mol. The number of H-pyrrole nitrogens is 1. The number of nitrogens with zero attached hydrogens (tertiary/aromatic N) is 5. The molecular formula is C19H20N6O. The highest BCUT2D eigenvalue weighted by Crippen LogP contribution is 2.23. The highest BCUT2D eigenvalue weighted by molar-refractivity contribution is 5.84. The Balaban J connectivity index is 0.000000131. The SMILES string of the molecule is COc1cccc2ncccc12.c1nc(N2CCCC2)c2[nH]cnc2n1. The molecule has 132 valence electrons. The molecule has 0 aliphatic carbocycles. The molecule has 0 amide bonds. The van der Waals surface area contributed by atoms with Gasteiger partial charge in [0.15, 0.2) is 11.5 Å². The van der Waals surface area contributed by atoms with Crippen LogP contribution in [0.2, 0.25) is 0 Å². The number of aromatic nitrogens is 5. The van der Waals surface area contributed by atoms with Crippen molar-refractivity contribution in [3.63, 3.8) is 0 Å². The topological polar surface area (TPSA) is 79.8 Å². The average molecular weight is 348 g/mol. The first-order valence-corrected chi connectivity index (χ1v) is 8.63. The number of aromatic amines is 1. The summed E-state index contributed by atoms with van der Waals surface area (Å²) >= 11 is 0. The third kappa shape index (κ3) is 3.15. The van der Waals surface area contributed by atoms with Crippen LogP contribution < -0.4 is 9.64 Å². The molecule has 0 saturated carbocycles. The number of methoxy groups -OCH3 is 1. The molecular weight excluding hydrogens is 328 g/mol. The number of imidazole rings is 1. The number of ether oxygens (including phenoxy) is 1. The first kappa shape index (κ1) is 16.3. The zero-order chi connectivity index (χ0) is 17.8. The minimum Gasteiger partial charge on any atom is -0.496 e. The van der Waals surface area contributed by atoms with Crippen LogP contribution >= 0.6 is 0 Å². The van der Waals surface area contributed by atoms with Gasteiger partial charge < -0.3 is 14.6 Å². The van der Waals surface area contributed by atoms with Gasteiger partial charge in [0.25, 0.3) is 0 Å². The molecule has 0 atom stereocenters. The maximum absolute atomic E-state index is 5.19. The highest BCUT2D eigenvalue weighted by Gasteiger charge is 2.17. The summed E-state index contributed by atoms with van der Waals surface area (Å²) < 4.78 is 5.19. The van der Waals surface area contributed by atoms with E-state index in [4.69, 9.17) is 4.74 Å². The van der Waals surface area contributed by atoms with Crippen molar-refractivity contribution in [2.24, 2.45) is 0 Å². The second-order valence-corrected chi connectivity index (χ2v) is 6.02. The molecule has 1 aromatic carbocycles. The molecule has 1 aliphatic heterocycles. The largest absolute Gasteiger partial charge is 0.496 e. The summed E-state index contributed by atoms with van der Waals surface area (Å²) in [5, 5.41) is 1.06. The van der Waals surface area contributed by atoms with E-state index >= 15 is 0 Å². The number of anilines is 1. The van der Waals surface area contributed by atoms with E-state index in [0.717, 1.165) is 46.7 Å². The lowest BCUT2D eigenvalue weighted by molar-refractivity contribution is 0.420. The van der Waals surface area contributed by atoms with E-state index in [1.807, 2.05) is 30.3 Å². The fraction of sp³-hybridized carbons (Fsp3) is 0.263. The lowest BCUT2D eigenvalue weighted by Crippen LogP contribution is -2.19. The van der Waals surface area contributed by atoms with Crippen molar-refractivity contribution in [3.8, 4) is 5.75 Å². The lowest BCUT2D eigenvalue weighted by Gasteiger charge is -2.15. The molecule has 7 heteroatoms. The van der Waals surface area contributed by atoms with E-state index in [2.05, 4.69) is 29.8 Å². The minimum absolute atomic E-state index is 0.752. The average Bonchev–Trinajstić information content (AvgIpc) is 3.39. The van der Waals surface area contributed by atoms with Gasteiger partial charge >= 0.3 is 0 Å². The molecule has 0 spiro atoms. The van der Waals surface area contributed by atoms with E-state index in [1.165, 1.54) is 12.8 Å². The van der Waals surface area contributed by atoms with E-state index < -0.39 is 0 Å². The van der Waals surface area contributed by atoms with E-state index in [1.54, 1.807) is 26.0 Å². The van der Waals surface area contributed by atoms with E-state index in [0.29, 0.717) is 0 Å². The van der Waals surface area contributed by atoms with Crippen LogP contribution in [0, 0.1) is 0 Å². The van der Waals surface area contributed by atoms with Crippen LogP contribution in [0.4, 0.5) is 5.82 Å². The van der Waals surface area contributed by atoms with E-state index in [-0.39, 0.29) is 0 Å². The van der Waals surface area contributed by atoms with Crippen molar-refractivity contribution >= 4 is 27.9 Å². The zero-order valence-electron chi connectivity index (χ0n) is 14.6. The van der Waals surface area contributed by atoms with Crippen molar-refractivity contribution in [2.45, 2.75) is 12.8 Å². The Morgan fingerprint density at radius 1 is 1.00 bits per heavy atom. The smallest absolute Gasteiger partial charge is 0.182 e. The number of benzene rings is 1. The number of rotatable bonds is 2. The Bertz CT molecular complexity index is 1000. The standard InChI is InChI=1S/C10H9NO.C9H11N5/c1-12-10-6-2-5-9-8(10)4-3-7-11-9;1-2-4-14(3-1)9-7-8(11-5-10-7)12-6-13-9/h2-7H,1H3;5-6H,1-4H2,(H,10,11,12,13). The molecule has 0 radical (unpaired) electrons. The Morgan fingerprint density at radius 3 is 2.73 bits per heavy atom. The van der Waals surface area contributed by atoms with Crippen LogP contribution in [0.25, 0.3) is 22.1 Å². The van der Waals surface area contributed by atoms with Crippen LogP contribution in [-0.2, 0) is 0 Å². The van der Waals surface area contributed by atoms with Gasteiger partial charge in [-0.3, -0.25) is 4.98 Å². The van der Waals surface area contributed by atoms with Crippen LogP contribution in [0.5, 0.6) is 5.75 Å². The maximum Gasteiger partial charge on any atom is 0.182 e. The molecule has 1 saturated heterocycles. The second-order valence-electron chi connectivity index (χ2n) is 6.02. The molecule has 4 heterocycles. The molecule has 1 N–H and O–H groups in total. The summed E-state index contributed by atoms with van der Waals surface area (Å²) in [5.41, 5.74) is 2.67. The van der Waals surface area contributed by atoms with Gasteiger partial charge in [0.05, 0.1) is 19.0 Å². The summed E-state index contributed by atoms with van der Waals surface area (Å²) in [7, 11) is 1.67. The highest BCUT2D eigenvalue weighted by atomic mass is 16.5. The maximum atomic E-state index is 5.19. The van der Waals surface area contributed by atoms with Crippen LogP contribution in [0.3, 0.4) is 0 Å². The molecule has 1 aliphatic rings. The summed E-state index contributed by atoms with van der Waals surface area (Å²) in [6.07, 6.45) is 7.52. The first-order chi connectivity index (χ1) is 12.9. The van der Waals surface area contributed by atoms with Crippen LogP contribution in [0.15, 0.2) is 49.2 Å². The molecule has 1 fully saturated rings. The van der Waals surface area contributed by atoms with Gasteiger partial charge in [0.1, 0.15) is 17.6 Å². The molecule has 0 unspecified atom stereocenters. The molecule has 4 aromatic rings. The molecule has 7 nitrogen and oxygen atoms in total. The summed E-state index contributed by atoms with van der Waals surface area (Å²) in [4.78, 5) is 22.1. The molecule has 26 heavy (non-hydrogen) atoms. The summed E-state index contributed by atoms with van der Waals surface area (Å²) in [6, 6.07) is 9.75. The summed E-state index contributed by atoms with van der Waals surface area (Å²) in [5.74, 6) is 1.87. The molecule has 5 rings (SSSR count). The van der Waals surface area contributed by atoms with Crippen molar-refractivity contribution in [1.82, 2.24) is 24.9 Å². The number of hydrogen-bond donors (Lipinski definition) is 1. The third-order valence-electron chi connectivity index (χ3n) is 4.43. The lowest BCUT2D eigenvalue weighted by atomic mass is 10.2. The Morgan fingerprint density at radius 2 is 1.88 bits per heavy atom. The van der Waals surface area contributed by atoms with Gasteiger partial charge in [0.2, 0.25) is 0 Å². The van der Waals surface area contributed by atoms with Gasteiger partial charge in [-0.15, -0.1) is 0 Å². The van der Waals surface area contributed by atoms with Crippen molar-refractivity contribution in [3.05, 3.63) is 49.2 Å². The van der Waals surface area contributed by atoms with Gasteiger partial charge in [-0.25, -0.2) is 15.0 Å². The van der Waals surface area contributed by atoms with Crippen LogP contribution in [0.1, 0.15) is 12.8 Å². The molecule has 3 aromatic heterocycles. The Labute approximate surface area is 151 Å². The fourth-order valence-electron chi connectivity index (χ4n) is 3.17. The van der Waals surface area contributed by atoms with Crippen molar-refractivity contribution in [1.29, 1.82) is 0 Å². The van der Waals surface area contributed by atoms with Crippen LogP contribution in [-0.4, -0.2) is 45.1 Å². The van der Waals surface area contributed by atoms with Crippen molar-refractivity contribution in [2.75, 3.05) is 25.1 Å². The normalized spacial score (nSPS) is 13.7. The minimum atomic E-state index is 0.752.